The van der Waals surface area contributed by atoms with Crippen LogP contribution in [0, 0.1) is 23.7 Å². The normalized spacial score (nSPS) is 13.2. The van der Waals surface area contributed by atoms with E-state index in [0.717, 1.165) is 19.3 Å². The SMILES string of the molecule is C=C(C)C.CCc1ccc(CC)cc1.CCc1ccc(CCC(Cc2ccccc2)C(C)C(C)C(C)Cc2ccccc2)cc1. The molecule has 0 saturated carbocycles. The molecule has 0 aliphatic heterocycles. The molecule has 0 spiro atoms. The lowest BCUT2D eigenvalue weighted by Crippen LogP contribution is -2.27. The first-order valence-corrected chi connectivity index (χ1v) is 17.5. The molecule has 0 N–H and O–H groups in total. The van der Waals surface area contributed by atoms with Gasteiger partial charge in [-0.05, 0) is 116 Å². The molecule has 0 bridgehead atoms. The molecule has 0 saturated heterocycles. The first kappa shape index (κ1) is 37.8. The maximum atomic E-state index is 3.56. The van der Waals surface area contributed by atoms with E-state index in [1.165, 1.54) is 64.6 Å². The third-order valence-electron chi connectivity index (χ3n) is 9.29. The van der Waals surface area contributed by atoms with Gasteiger partial charge in [0.1, 0.15) is 0 Å². The molecule has 4 rings (SSSR count). The summed E-state index contributed by atoms with van der Waals surface area (Å²) in [6.07, 6.45) is 8.18. The second kappa shape index (κ2) is 21.4. The smallest absolute Gasteiger partial charge is 0.0248 e. The molecule has 242 valence electrons. The third-order valence-corrected chi connectivity index (χ3v) is 9.29. The quantitative estimate of drug-likeness (QED) is 0.134. The molecular formula is C45H62. The Labute approximate surface area is 278 Å². The Kier molecular flexibility index (Phi) is 18.0. The Morgan fingerprint density at radius 1 is 0.489 bits per heavy atom. The van der Waals surface area contributed by atoms with E-state index in [2.05, 4.69) is 157 Å². The maximum Gasteiger partial charge on any atom is -0.0248 e. The van der Waals surface area contributed by atoms with Gasteiger partial charge in [-0.2, -0.15) is 0 Å². The van der Waals surface area contributed by atoms with Gasteiger partial charge < -0.3 is 0 Å². The van der Waals surface area contributed by atoms with E-state index in [1.54, 1.807) is 0 Å². The molecule has 0 aromatic heterocycles. The average molecular weight is 603 g/mol. The Morgan fingerprint density at radius 3 is 1.22 bits per heavy atom. The number of allylic oxidation sites excluding steroid dienone is 1. The molecule has 4 aromatic rings. The van der Waals surface area contributed by atoms with Crippen LogP contribution < -0.4 is 0 Å². The summed E-state index contributed by atoms with van der Waals surface area (Å²) in [5, 5.41) is 0. The van der Waals surface area contributed by atoms with Gasteiger partial charge in [-0.25, -0.2) is 0 Å². The van der Waals surface area contributed by atoms with Crippen LogP contribution in [0.15, 0.2) is 121 Å². The van der Waals surface area contributed by atoms with Gasteiger partial charge in [-0.1, -0.05) is 156 Å². The predicted octanol–water partition coefficient (Wildman–Crippen LogP) is 12.6. The van der Waals surface area contributed by atoms with Gasteiger partial charge in [0.05, 0.1) is 0 Å². The molecule has 4 aromatic carbocycles. The highest BCUT2D eigenvalue weighted by atomic mass is 14.3. The Morgan fingerprint density at radius 2 is 0.844 bits per heavy atom. The number of hydrogen-bond donors (Lipinski definition) is 0. The fourth-order valence-corrected chi connectivity index (χ4v) is 5.89. The van der Waals surface area contributed by atoms with Gasteiger partial charge in [0.25, 0.3) is 0 Å². The summed E-state index contributed by atoms with van der Waals surface area (Å²) in [6.45, 7) is 21.5. The van der Waals surface area contributed by atoms with Gasteiger partial charge in [-0.15, -0.1) is 6.58 Å². The monoisotopic (exact) mass is 602 g/mol. The molecule has 4 unspecified atom stereocenters. The number of aryl methyl sites for hydroxylation is 4. The van der Waals surface area contributed by atoms with Crippen LogP contribution in [0.4, 0.5) is 0 Å². The van der Waals surface area contributed by atoms with Gasteiger partial charge in [0, 0.05) is 0 Å². The standard InChI is InChI=1S/C31H40.C10H14.C4H8/c1-5-27-16-18-28(19-17-27)20-21-31(23-30-14-10-7-11-15-30)26(4)25(3)24(2)22-29-12-8-6-9-13-29;1-3-9-5-7-10(4-2)8-6-9;1-4(2)3/h6-19,24-26,31H,5,20-23H2,1-4H3;5-8H,3-4H2,1-2H3;1H2,2-3H3. The minimum atomic E-state index is 0.680. The average Bonchev–Trinajstić information content (AvgIpc) is 3.07. The molecule has 0 fully saturated rings. The van der Waals surface area contributed by atoms with Crippen LogP contribution in [0.2, 0.25) is 0 Å². The molecule has 0 heterocycles. The van der Waals surface area contributed by atoms with Crippen molar-refractivity contribution in [2.45, 2.75) is 100 Å². The van der Waals surface area contributed by atoms with Gasteiger partial charge in [0.2, 0.25) is 0 Å². The van der Waals surface area contributed by atoms with E-state index in [0.29, 0.717) is 23.7 Å². The maximum absolute atomic E-state index is 3.56. The summed E-state index contributed by atoms with van der Waals surface area (Å²) in [5.74, 6) is 2.76. The van der Waals surface area contributed by atoms with Gasteiger partial charge >= 0.3 is 0 Å². The number of hydrogen-bond acceptors (Lipinski definition) is 0. The van der Waals surface area contributed by atoms with Crippen molar-refractivity contribution in [1.29, 1.82) is 0 Å². The molecule has 0 nitrogen and oxygen atoms in total. The summed E-state index contributed by atoms with van der Waals surface area (Å²) >= 11 is 0. The fourth-order valence-electron chi connectivity index (χ4n) is 5.89. The van der Waals surface area contributed by atoms with Crippen LogP contribution >= 0.6 is 0 Å². The minimum Gasteiger partial charge on any atom is -0.100 e. The van der Waals surface area contributed by atoms with Crippen LogP contribution in [0.25, 0.3) is 0 Å². The van der Waals surface area contributed by atoms with Crippen molar-refractivity contribution in [1.82, 2.24) is 0 Å². The van der Waals surface area contributed by atoms with E-state index in [9.17, 15) is 0 Å². The third kappa shape index (κ3) is 15.0. The van der Waals surface area contributed by atoms with Crippen molar-refractivity contribution < 1.29 is 0 Å². The first-order chi connectivity index (χ1) is 21.7. The summed E-state index contributed by atoms with van der Waals surface area (Å²) < 4.78 is 0. The summed E-state index contributed by atoms with van der Waals surface area (Å²) in [6, 6.07) is 40.2. The number of rotatable bonds is 13. The van der Waals surface area contributed by atoms with Crippen LogP contribution in [-0.4, -0.2) is 0 Å². The van der Waals surface area contributed by atoms with Gasteiger partial charge in [0.15, 0.2) is 0 Å². The van der Waals surface area contributed by atoms with E-state index in [-0.39, 0.29) is 0 Å². The zero-order chi connectivity index (χ0) is 33.0. The zero-order valence-electron chi connectivity index (χ0n) is 29.9. The van der Waals surface area contributed by atoms with Gasteiger partial charge in [-0.3, -0.25) is 0 Å². The van der Waals surface area contributed by atoms with E-state index in [1.807, 2.05) is 13.8 Å². The molecule has 4 atom stereocenters. The molecular weight excluding hydrogens is 540 g/mol. The topological polar surface area (TPSA) is 0 Å². The molecule has 0 amide bonds. The highest BCUT2D eigenvalue weighted by Crippen LogP contribution is 2.33. The molecule has 0 aliphatic rings. The van der Waals surface area contributed by atoms with Crippen LogP contribution in [0.1, 0.15) is 95.2 Å². The van der Waals surface area contributed by atoms with Crippen molar-refractivity contribution in [2.24, 2.45) is 23.7 Å². The molecule has 0 aliphatic carbocycles. The van der Waals surface area contributed by atoms with Crippen molar-refractivity contribution >= 4 is 0 Å². The van der Waals surface area contributed by atoms with E-state index < -0.39 is 0 Å². The predicted molar refractivity (Wildman–Crippen MR) is 201 cm³/mol. The summed E-state index contributed by atoms with van der Waals surface area (Å²) in [7, 11) is 0. The summed E-state index contributed by atoms with van der Waals surface area (Å²) in [5.41, 5.74) is 9.87. The molecule has 0 heteroatoms. The second-order valence-electron chi connectivity index (χ2n) is 13.3. The largest absolute Gasteiger partial charge is 0.100 e. The lowest BCUT2D eigenvalue weighted by atomic mass is 9.72. The second-order valence-corrected chi connectivity index (χ2v) is 13.3. The van der Waals surface area contributed by atoms with E-state index in [4.69, 9.17) is 0 Å². The Bertz CT molecular complexity index is 1270. The van der Waals surface area contributed by atoms with Crippen LogP contribution in [0.5, 0.6) is 0 Å². The first-order valence-electron chi connectivity index (χ1n) is 17.5. The fraction of sp³-hybridized carbons (Fsp3) is 0.422. The van der Waals surface area contributed by atoms with Crippen molar-refractivity contribution in [3.63, 3.8) is 0 Å². The highest BCUT2D eigenvalue weighted by molar-refractivity contribution is 5.23. The van der Waals surface area contributed by atoms with Crippen LogP contribution in [-0.2, 0) is 38.5 Å². The van der Waals surface area contributed by atoms with Crippen molar-refractivity contribution in [3.8, 4) is 0 Å². The number of benzene rings is 4. The van der Waals surface area contributed by atoms with Crippen molar-refractivity contribution in [3.05, 3.63) is 155 Å². The Balaban J connectivity index is 0.000000416. The van der Waals surface area contributed by atoms with Crippen LogP contribution in [0.3, 0.4) is 0 Å². The highest BCUT2D eigenvalue weighted by Gasteiger charge is 2.27. The lowest BCUT2D eigenvalue weighted by Gasteiger charge is -2.33. The van der Waals surface area contributed by atoms with Crippen molar-refractivity contribution in [2.75, 3.05) is 0 Å². The Hall–Kier alpha value is -3.38. The van der Waals surface area contributed by atoms with E-state index >= 15 is 0 Å². The minimum absolute atomic E-state index is 0.680. The molecule has 0 radical (unpaired) electrons. The zero-order valence-corrected chi connectivity index (χ0v) is 29.9. The molecule has 45 heavy (non-hydrogen) atoms. The lowest BCUT2D eigenvalue weighted by molar-refractivity contribution is 0.191. The summed E-state index contributed by atoms with van der Waals surface area (Å²) in [4.78, 5) is 0.